The molecule has 1 aliphatic carbocycles. The average Bonchev–Trinajstić information content (AvgIpc) is 3.22. The zero-order valence-electron chi connectivity index (χ0n) is 14.3. The molecule has 3 aromatic rings. The van der Waals surface area contributed by atoms with Gasteiger partial charge >= 0.3 is 0 Å². The molecule has 0 bridgehead atoms. The van der Waals surface area contributed by atoms with Crippen LogP contribution in [0.2, 0.25) is 0 Å². The molecule has 4 rings (SSSR count). The summed E-state index contributed by atoms with van der Waals surface area (Å²) in [5, 5.41) is 1.28. The van der Waals surface area contributed by atoms with E-state index in [0.29, 0.717) is 5.92 Å². The maximum atomic E-state index is 11.8. The summed E-state index contributed by atoms with van der Waals surface area (Å²) in [7, 11) is 2.10. The van der Waals surface area contributed by atoms with Crippen LogP contribution in [0.15, 0.2) is 41.2 Å². The maximum absolute atomic E-state index is 11.8. The van der Waals surface area contributed by atoms with Crippen molar-refractivity contribution in [2.75, 3.05) is 0 Å². The molecule has 3 heteroatoms. The molecule has 0 atom stereocenters. The van der Waals surface area contributed by atoms with Crippen LogP contribution < -0.4 is 0 Å². The van der Waals surface area contributed by atoms with Gasteiger partial charge in [-0.3, -0.25) is 4.79 Å². The predicted molar refractivity (Wildman–Crippen MR) is 96.5 cm³/mol. The highest BCUT2D eigenvalue weighted by Gasteiger charge is 2.26. The normalized spacial score (nSPS) is 15.9. The van der Waals surface area contributed by atoms with Gasteiger partial charge in [0.05, 0.1) is 18.2 Å². The van der Waals surface area contributed by atoms with E-state index in [2.05, 4.69) is 17.7 Å². The molecule has 124 valence electrons. The van der Waals surface area contributed by atoms with Crippen LogP contribution in [0.25, 0.3) is 22.2 Å². The Kier molecular flexibility index (Phi) is 3.79. The number of nitrogens with zero attached hydrogens (tertiary/aromatic N) is 1. The van der Waals surface area contributed by atoms with E-state index >= 15 is 0 Å². The van der Waals surface area contributed by atoms with Crippen LogP contribution in [0.4, 0.5) is 0 Å². The summed E-state index contributed by atoms with van der Waals surface area (Å²) in [5.41, 5.74) is 5.71. The number of hydrogen-bond donors (Lipinski definition) is 0. The molecule has 0 radical (unpaired) electrons. The Bertz CT molecular complexity index is 880. The minimum Gasteiger partial charge on any atom is -0.472 e. The number of ketones is 1. The van der Waals surface area contributed by atoms with Crippen molar-refractivity contribution >= 4 is 16.7 Å². The number of fused-ring (bicyclic) bond motifs is 1. The smallest absolute Gasteiger partial charge is 0.159 e. The highest BCUT2D eigenvalue weighted by Crippen LogP contribution is 2.43. The molecule has 24 heavy (non-hydrogen) atoms. The summed E-state index contributed by atoms with van der Waals surface area (Å²) in [6.07, 6.45) is 10.0. The van der Waals surface area contributed by atoms with Gasteiger partial charge < -0.3 is 8.98 Å². The second-order valence-corrected chi connectivity index (χ2v) is 6.96. The number of carbonyl (C=O) groups excluding carboxylic acids is 1. The van der Waals surface area contributed by atoms with E-state index in [9.17, 15) is 4.79 Å². The quantitative estimate of drug-likeness (QED) is 0.581. The van der Waals surface area contributed by atoms with E-state index in [1.165, 1.54) is 48.7 Å². The lowest BCUT2D eigenvalue weighted by Crippen LogP contribution is -2.06. The van der Waals surface area contributed by atoms with Gasteiger partial charge in [0.1, 0.15) is 0 Å². The Hall–Kier alpha value is -2.29. The third kappa shape index (κ3) is 2.39. The Morgan fingerprint density at radius 2 is 1.96 bits per heavy atom. The zero-order chi connectivity index (χ0) is 16.7. The third-order valence-corrected chi connectivity index (χ3v) is 5.45. The maximum Gasteiger partial charge on any atom is 0.159 e. The number of carbonyl (C=O) groups is 1. The van der Waals surface area contributed by atoms with Crippen molar-refractivity contribution < 1.29 is 9.21 Å². The van der Waals surface area contributed by atoms with Crippen LogP contribution in [0.1, 0.15) is 60.9 Å². The molecular formula is C21H23NO2. The fourth-order valence-electron chi connectivity index (χ4n) is 4.24. The first-order chi connectivity index (χ1) is 11.7. The molecule has 1 saturated carbocycles. The number of aryl methyl sites for hydroxylation is 1. The predicted octanol–water partition coefficient (Wildman–Crippen LogP) is 5.69. The first-order valence-corrected chi connectivity index (χ1v) is 8.82. The fraction of sp³-hybridized carbons (Fsp3) is 0.381. The van der Waals surface area contributed by atoms with E-state index in [0.717, 1.165) is 16.6 Å². The van der Waals surface area contributed by atoms with Gasteiger partial charge in [-0.1, -0.05) is 31.4 Å². The van der Waals surface area contributed by atoms with Gasteiger partial charge in [-0.15, -0.1) is 0 Å². The van der Waals surface area contributed by atoms with Crippen LogP contribution in [0, 0.1) is 0 Å². The van der Waals surface area contributed by atoms with Crippen LogP contribution in [0.5, 0.6) is 0 Å². The van der Waals surface area contributed by atoms with Crippen LogP contribution >= 0.6 is 0 Å². The van der Waals surface area contributed by atoms with Crippen LogP contribution in [0.3, 0.4) is 0 Å². The molecule has 1 aromatic carbocycles. The first-order valence-electron chi connectivity index (χ1n) is 8.82. The average molecular weight is 321 g/mol. The molecule has 0 aliphatic heterocycles. The molecule has 0 amide bonds. The van der Waals surface area contributed by atoms with Gasteiger partial charge in [-0.05, 0) is 43.4 Å². The van der Waals surface area contributed by atoms with E-state index in [-0.39, 0.29) is 5.78 Å². The lowest BCUT2D eigenvalue weighted by atomic mass is 9.82. The largest absolute Gasteiger partial charge is 0.472 e. The van der Waals surface area contributed by atoms with Crippen LogP contribution in [-0.4, -0.2) is 10.4 Å². The number of benzene rings is 1. The summed E-state index contributed by atoms with van der Waals surface area (Å²) >= 11 is 0. The summed E-state index contributed by atoms with van der Waals surface area (Å²) in [6.45, 7) is 1.63. The summed E-state index contributed by atoms with van der Waals surface area (Å²) in [4.78, 5) is 11.8. The summed E-state index contributed by atoms with van der Waals surface area (Å²) in [6, 6.07) is 8.18. The SMILES string of the molecule is CC(=O)c1ccc2c(C3CCCCC3)c(-c3ccoc3)n(C)c2c1. The minimum atomic E-state index is 0.113. The van der Waals surface area contributed by atoms with Crippen molar-refractivity contribution in [1.29, 1.82) is 0 Å². The molecule has 0 unspecified atom stereocenters. The van der Waals surface area contributed by atoms with Gasteiger partial charge in [0.25, 0.3) is 0 Å². The van der Waals surface area contributed by atoms with Crippen molar-refractivity contribution in [2.45, 2.75) is 44.9 Å². The molecule has 0 N–H and O–H groups in total. The lowest BCUT2D eigenvalue weighted by molar-refractivity contribution is 0.101. The Morgan fingerprint density at radius 1 is 1.17 bits per heavy atom. The molecule has 0 spiro atoms. The van der Waals surface area contributed by atoms with Gasteiger partial charge in [0.2, 0.25) is 0 Å². The van der Waals surface area contributed by atoms with Crippen molar-refractivity contribution in [2.24, 2.45) is 7.05 Å². The fourth-order valence-corrected chi connectivity index (χ4v) is 4.24. The van der Waals surface area contributed by atoms with Gasteiger partial charge in [-0.2, -0.15) is 0 Å². The topological polar surface area (TPSA) is 35.1 Å². The molecule has 3 nitrogen and oxygen atoms in total. The number of rotatable bonds is 3. The molecule has 2 heterocycles. The van der Waals surface area contributed by atoms with Gasteiger partial charge in [0.15, 0.2) is 5.78 Å². The standard InChI is InChI=1S/C21H23NO2/c1-14(23)16-8-9-18-19(12-16)22(2)21(17-10-11-24-13-17)20(18)15-6-4-3-5-7-15/h8-13,15H,3-7H2,1-2H3. The number of Topliss-reactive ketones (excluding diaryl/α,β-unsaturated/α-hetero) is 1. The number of furan rings is 1. The number of hydrogen-bond acceptors (Lipinski definition) is 2. The highest BCUT2D eigenvalue weighted by atomic mass is 16.3. The van der Waals surface area contributed by atoms with Crippen molar-refractivity contribution in [3.63, 3.8) is 0 Å². The third-order valence-electron chi connectivity index (χ3n) is 5.45. The molecular weight excluding hydrogens is 298 g/mol. The van der Waals surface area contributed by atoms with E-state index < -0.39 is 0 Å². The number of aromatic nitrogens is 1. The second kappa shape index (κ2) is 5.97. The summed E-state index contributed by atoms with van der Waals surface area (Å²) < 4.78 is 7.59. The van der Waals surface area contributed by atoms with Crippen molar-refractivity contribution in [3.05, 3.63) is 47.9 Å². The van der Waals surface area contributed by atoms with Gasteiger partial charge in [-0.25, -0.2) is 0 Å². The Labute approximate surface area is 142 Å². The highest BCUT2D eigenvalue weighted by molar-refractivity contribution is 6.00. The Morgan fingerprint density at radius 3 is 2.62 bits per heavy atom. The second-order valence-electron chi connectivity index (χ2n) is 6.96. The van der Waals surface area contributed by atoms with Crippen molar-refractivity contribution in [3.8, 4) is 11.3 Å². The zero-order valence-corrected chi connectivity index (χ0v) is 14.3. The Balaban J connectivity index is 1.99. The molecule has 2 aromatic heterocycles. The monoisotopic (exact) mass is 321 g/mol. The van der Waals surface area contributed by atoms with Crippen LogP contribution in [-0.2, 0) is 7.05 Å². The molecule has 0 saturated heterocycles. The van der Waals surface area contributed by atoms with Gasteiger partial charge in [0, 0.05) is 29.1 Å². The lowest BCUT2D eigenvalue weighted by Gasteiger charge is -2.23. The molecule has 1 fully saturated rings. The van der Waals surface area contributed by atoms with E-state index in [1.807, 2.05) is 24.5 Å². The first kappa shape index (κ1) is 15.3. The van der Waals surface area contributed by atoms with Crippen molar-refractivity contribution in [1.82, 2.24) is 4.57 Å². The molecule has 1 aliphatic rings. The van der Waals surface area contributed by atoms with E-state index in [4.69, 9.17) is 4.42 Å². The summed E-state index contributed by atoms with van der Waals surface area (Å²) in [5.74, 6) is 0.706. The van der Waals surface area contributed by atoms with E-state index in [1.54, 1.807) is 13.2 Å². The minimum absolute atomic E-state index is 0.113.